The topological polar surface area (TPSA) is 69.3 Å². The van der Waals surface area contributed by atoms with Gasteiger partial charge in [0.1, 0.15) is 0 Å². The number of hydrogen-bond donors (Lipinski definition) is 1. The molecule has 8 heteroatoms. The second kappa shape index (κ2) is 8.22. The average Bonchev–Trinajstić information content (AvgIpc) is 3.22. The summed E-state index contributed by atoms with van der Waals surface area (Å²) >= 11 is 0. The molecule has 156 valence electrons. The van der Waals surface area contributed by atoms with Crippen LogP contribution in [0.3, 0.4) is 0 Å². The highest BCUT2D eigenvalue weighted by molar-refractivity contribution is 5.98. The first kappa shape index (κ1) is 20.0. The average molecular weight is 412 g/mol. The van der Waals surface area contributed by atoms with Crippen molar-refractivity contribution in [3.63, 3.8) is 0 Å². The lowest BCUT2D eigenvalue weighted by Crippen LogP contribution is -2.50. The van der Waals surface area contributed by atoms with Crippen molar-refractivity contribution in [1.29, 1.82) is 0 Å². The lowest BCUT2D eigenvalue weighted by atomic mass is 10.1. The molecule has 3 aromatic rings. The lowest BCUT2D eigenvalue weighted by Gasteiger charge is -2.35. The lowest BCUT2D eigenvalue weighted by molar-refractivity contribution is 0.0535. The standard InChI is InChI=1S/C22H22F2N4O2/c1-2-14-3-5-15(6-4-14)21(29)27-9-11-28(12-10-27)22(30)16-7-8-17-18(13-16)26-20(25-17)19(23)24/h3-8,13,19H,2,9-12H2,1H3,(H,25,26). The Labute approximate surface area is 172 Å². The van der Waals surface area contributed by atoms with Gasteiger partial charge in [-0.15, -0.1) is 0 Å². The maximum Gasteiger partial charge on any atom is 0.295 e. The van der Waals surface area contributed by atoms with E-state index in [0.29, 0.717) is 48.3 Å². The molecule has 1 aromatic heterocycles. The van der Waals surface area contributed by atoms with Crippen molar-refractivity contribution < 1.29 is 18.4 Å². The van der Waals surface area contributed by atoms with E-state index in [9.17, 15) is 18.4 Å². The molecule has 0 spiro atoms. The number of hydrogen-bond acceptors (Lipinski definition) is 3. The third-order valence-corrected chi connectivity index (χ3v) is 5.42. The number of H-pyrrole nitrogens is 1. The zero-order chi connectivity index (χ0) is 21.3. The minimum absolute atomic E-state index is 0.0387. The highest BCUT2D eigenvalue weighted by Gasteiger charge is 2.26. The Morgan fingerprint density at radius 2 is 1.53 bits per heavy atom. The molecule has 1 saturated heterocycles. The van der Waals surface area contributed by atoms with Gasteiger partial charge in [-0.2, -0.15) is 0 Å². The number of carbonyl (C=O) groups excluding carboxylic acids is 2. The number of amides is 2. The maximum atomic E-state index is 12.8. The van der Waals surface area contributed by atoms with E-state index in [-0.39, 0.29) is 11.8 Å². The van der Waals surface area contributed by atoms with E-state index in [0.717, 1.165) is 6.42 Å². The van der Waals surface area contributed by atoms with Crippen molar-refractivity contribution in [2.75, 3.05) is 26.2 Å². The normalized spacial score (nSPS) is 14.5. The summed E-state index contributed by atoms with van der Waals surface area (Å²) < 4.78 is 25.6. The van der Waals surface area contributed by atoms with Crippen LogP contribution in [0.1, 0.15) is 45.5 Å². The van der Waals surface area contributed by atoms with Crippen LogP contribution in [0.4, 0.5) is 8.78 Å². The molecule has 30 heavy (non-hydrogen) atoms. The van der Waals surface area contributed by atoms with Crippen molar-refractivity contribution >= 4 is 22.8 Å². The monoisotopic (exact) mass is 412 g/mol. The fraction of sp³-hybridized carbons (Fsp3) is 0.318. The molecule has 0 unspecified atom stereocenters. The molecule has 2 amide bonds. The Morgan fingerprint density at radius 1 is 0.967 bits per heavy atom. The number of aryl methyl sites for hydroxylation is 1. The van der Waals surface area contributed by atoms with Crippen molar-refractivity contribution in [1.82, 2.24) is 19.8 Å². The molecule has 0 aliphatic carbocycles. The summed E-state index contributed by atoms with van der Waals surface area (Å²) in [4.78, 5) is 35.3. The predicted molar refractivity (Wildman–Crippen MR) is 109 cm³/mol. The number of fused-ring (bicyclic) bond motifs is 1. The first-order valence-corrected chi connectivity index (χ1v) is 9.91. The van der Waals surface area contributed by atoms with Crippen molar-refractivity contribution in [3.8, 4) is 0 Å². The number of imidazole rings is 1. The molecule has 4 rings (SSSR count). The van der Waals surface area contributed by atoms with E-state index in [1.807, 2.05) is 24.3 Å². The number of rotatable bonds is 4. The summed E-state index contributed by atoms with van der Waals surface area (Å²) in [7, 11) is 0. The van der Waals surface area contributed by atoms with E-state index < -0.39 is 12.2 Å². The van der Waals surface area contributed by atoms with Crippen LogP contribution in [0.5, 0.6) is 0 Å². The second-order valence-corrected chi connectivity index (χ2v) is 7.29. The number of nitrogens with one attached hydrogen (secondary N) is 1. The van der Waals surface area contributed by atoms with Gasteiger partial charge in [-0.1, -0.05) is 19.1 Å². The van der Waals surface area contributed by atoms with Crippen molar-refractivity contribution in [3.05, 3.63) is 65.0 Å². The minimum Gasteiger partial charge on any atom is -0.337 e. The van der Waals surface area contributed by atoms with Gasteiger partial charge in [0.15, 0.2) is 5.82 Å². The van der Waals surface area contributed by atoms with E-state index in [1.54, 1.807) is 28.0 Å². The number of piperazine rings is 1. The van der Waals surface area contributed by atoms with E-state index in [1.165, 1.54) is 5.56 Å². The Hall–Kier alpha value is -3.29. The molecular weight excluding hydrogens is 390 g/mol. The summed E-state index contributed by atoms with van der Waals surface area (Å²) in [5.74, 6) is -0.638. The number of aromatic amines is 1. The van der Waals surface area contributed by atoms with Crippen LogP contribution < -0.4 is 0 Å². The van der Waals surface area contributed by atoms with Gasteiger partial charge in [-0.05, 0) is 42.3 Å². The van der Waals surface area contributed by atoms with Gasteiger partial charge in [-0.3, -0.25) is 9.59 Å². The van der Waals surface area contributed by atoms with Crippen LogP contribution in [-0.2, 0) is 6.42 Å². The minimum atomic E-state index is -2.69. The van der Waals surface area contributed by atoms with Gasteiger partial charge in [0.2, 0.25) is 0 Å². The first-order valence-electron chi connectivity index (χ1n) is 9.91. The van der Waals surface area contributed by atoms with Gasteiger partial charge < -0.3 is 14.8 Å². The van der Waals surface area contributed by atoms with Crippen LogP contribution in [-0.4, -0.2) is 57.8 Å². The van der Waals surface area contributed by atoms with Gasteiger partial charge in [0.05, 0.1) is 11.0 Å². The molecule has 1 aliphatic heterocycles. The molecule has 0 bridgehead atoms. The smallest absolute Gasteiger partial charge is 0.295 e. The van der Waals surface area contributed by atoms with E-state index in [2.05, 4.69) is 16.9 Å². The maximum absolute atomic E-state index is 12.8. The Balaban J connectivity index is 1.41. The number of nitrogens with zero attached hydrogens (tertiary/aromatic N) is 3. The van der Waals surface area contributed by atoms with Gasteiger partial charge >= 0.3 is 0 Å². The summed E-state index contributed by atoms with van der Waals surface area (Å²) in [6, 6.07) is 12.3. The molecular formula is C22H22F2N4O2. The van der Waals surface area contributed by atoms with Crippen LogP contribution >= 0.6 is 0 Å². The third kappa shape index (κ3) is 3.90. The van der Waals surface area contributed by atoms with Crippen LogP contribution in [0.2, 0.25) is 0 Å². The van der Waals surface area contributed by atoms with E-state index >= 15 is 0 Å². The van der Waals surface area contributed by atoms with Crippen molar-refractivity contribution in [2.24, 2.45) is 0 Å². The molecule has 1 N–H and O–H groups in total. The van der Waals surface area contributed by atoms with Crippen LogP contribution in [0, 0.1) is 0 Å². The highest BCUT2D eigenvalue weighted by Crippen LogP contribution is 2.21. The van der Waals surface area contributed by atoms with Gasteiger partial charge in [0, 0.05) is 37.3 Å². The Bertz CT molecular complexity index is 1070. The Morgan fingerprint density at radius 3 is 2.10 bits per heavy atom. The zero-order valence-corrected chi connectivity index (χ0v) is 16.6. The molecule has 1 aliphatic rings. The summed E-state index contributed by atoms with van der Waals surface area (Å²) in [6.07, 6.45) is -1.77. The number of benzene rings is 2. The van der Waals surface area contributed by atoms with Crippen LogP contribution in [0.15, 0.2) is 42.5 Å². The highest BCUT2D eigenvalue weighted by atomic mass is 19.3. The van der Waals surface area contributed by atoms with Gasteiger partial charge in [0.25, 0.3) is 18.2 Å². The molecule has 0 saturated carbocycles. The third-order valence-electron chi connectivity index (χ3n) is 5.42. The van der Waals surface area contributed by atoms with Gasteiger partial charge in [-0.25, -0.2) is 13.8 Å². The quantitative estimate of drug-likeness (QED) is 0.711. The number of alkyl halides is 2. The fourth-order valence-corrected chi connectivity index (χ4v) is 3.63. The molecule has 2 heterocycles. The van der Waals surface area contributed by atoms with Crippen molar-refractivity contribution in [2.45, 2.75) is 19.8 Å². The second-order valence-electron chi connectivity index (χ2n) is 7.29. The SMILES string of the molecule is CCc1ccc(C(=O)N2CCN(C(=O)c3ccc4nc(C(F)F)[nH]c4c3)CC2)cc1. The molecule has 1 fully saturated rings. The Kier molecular flexibility index (Phi) is 5.48. The summed E-state index contributed by atoms with van der Waals surface area (Å²) in [5.41, 5.74) is 3.03. The fourth-order valence-electron chi connectivity index (χ4n) is 3.63. The number of halogens is 2. The molecule has 2 aromatic carbocycles. The van der Waals surface area contributed by atoms with Crippen LogP contribution in [0.25, 0.3) is 11.0 Å². The first-order chi connectivity index (χ1) is 14.5. The largest absolute Gasteiger partial charge is 0.337 e. The summed E-state index contributed by atoms with van der Waals surface area (Å²) in [6.45, 7) is 3.79. The molecule has 0 atom stereocenters. The number of carbonyl (C=O) groups is 2. The van der Waals surface area contributed by atoms with E-state index in [4.69, 9.17) is 0 Å². The zero-order valence-electron chi connectivity index (χ0n) is 16.6. The predicted octanol–water partition coefficient (Wildman–Crippen LogP) is 3.66. The summed E-state index contributed by atoms with van der Waals surface area (Å²) in [5, 5.41) is 0. The molecule has 6 nitrogen and oxygen atoms in total. The molecule has 0 radical (unpaired) electrons. The number of aromatic nitrogens is 2.